The lowest BCUT2D eigenvalue weighted by Crippen LogP contribution is -2.15. The molecule has 31 heavy (non-hydrogen) atoms. The predicted molar refractivity (Wildman–Crippen MR) is 120 cm³/mol. The summed E-state index contributed by atoms with van der Waals surface area (Å²) in [6.45, 7) is 1.74. The minimum atomic E-state index is -0.735. The summed E-state index contributed by atoms with van der Waals surface area (Å²) in [5.74, 6) is -1.24. The number of hydrogen-bond acceptors (Lipinski definition) is 8. The molecule has 0 spiro atoms. The van der Waals surface area contributed by atoms with Crippen LogP contribution in [0.15, 0.2) is 53.9 Å². The topological polar surface area (TPSA) is 111 Å². The molecule has 156 valence electrons. The number of esters is 1. The van der Waals surface area contributed by atoms with Crippen molar-refractivity contribution in [2.45, 2.75) is 6.92 Å². The number of nitrogens with zero attached hydrogens (tertiary/aromatic N) is 2. The van der Waals surface area contributed by atoms with Crippen LogP contribution in [-0.4, -0.2) is 28.4 Å². The predicted octanol–water partition coefficient (Wildman–Crippen LogP) is 5.36. The quantitative estimate of drug-likeness (QED) is 0.239. The number of carbonyl (C=O) groups is 2. The van der Waals surface area contributed by atoms with Crippen molar-refractivity contribution >= 4 is 55.5 Å². The number of aromatic nitrogens is 1. The van der Waals surface area contributed by atoms with E-state index in [1.54, 1.807) is 25.1 Å². The maximum Gasteiger partial charge on any atom is 0.341 e. The summed E-state index contributed by atoms with van der Waals surface area (Å²) < 4.78 is 4.97. The van der Waals surface area contributed by atoms with E-state index in [0.717, 1.165) is 10.9 Å². The Labute approximate surface area is 184 Å². The number of amides is 1. The molecule has 1 aromatic carbocycles. The van der Waals surface area contributed by atoms with Gasteiger partial charge in [-0.1, -0.05) is 24.3 Å². The molecular formula is C21H15N3O5S2. The van der Waals surface area contributed by atoms with E-state index in [0.29, 0.717) is 33.5 Å². The Balaban J connectivity index is 1.77. The summed E-state index contributed by atoms with van der Waals surface area (Å²) in [4.78, 5) is 41.6. The monoisotopic (exact) mass is 453 g/mol. The van der Waals surface area contributed by atoms with Gasteiger partial charge in [-0.25, -0.2) is 9.78 Å². The second-order valence-electron chi connectivity index (χ2n) is 6.31. The summed E-state index contributed by atoms with van der Waals surface area (Å²) in [7, 11) is 0. The Morgan fingerprint density at radius 1 is 1.16 bits per heavy atom. The largest absolute Gasteiger partial charge is 0.462 e. The molecule has 0 radical (unpaired) electrons. The Kier molecular flexibility index (Phi) is 5.74. The smallest absolute Gasteiger partial charge is 0.341 e. The van der Waals surface area contributed by atoms with Crippen LogP contribution < -0.4 is 5.32 Å². The zero-order valence-corrected chi connectivity index (χ0v) is 17.8. The van der Waals surface area contributed by atoms with Gasteiger partial charge in [-0.05, 0) is 41.8 Å². The molecule has 4 aromatic rings. The van der Waals surface area contributed by atoms with Crippen molar-refractivity contribution in [2.24, 2.45) is 0 Å². The van der Waals surface area contributed by atoms with Crippen LogP contribution in [-0.2, 0) is 4.74 Å². The van der Waals surface area contributed by atoms with Crippen molar-refractivity contribution in [2.75, 3.05) is 11.9 Å². The van der Waals surface area contributed by atoms with Gasteiger partial charge in [-0.2, -0.15) is 0 Å². The van der Waals surface area contributed by atoms with Gasteiger partial charge in [0, 0.05) is 11.5 Å². The van der Waals surface area contributed by atoms with Crippen LogP contribution in [0, 0.1) is 10.1 Å². The average molecular weight is 454 g/mol. The van der Waals surface area contributed by atoms with Crippen LogP contribution in [0.25, 0.3) is 21.5 Å². The van der Waals surface area contributed by atoms with E-state index < -0.39 is 16.8 Å². The number of pyridine rings is 1. The van der Waals surface area contributed by atoms with Gasteiger partial charge in [0.25, 0.3) is 5.91 Å². The van der Waals surface area contributed by atoms with E-state index in [-0.39, 0.29) is 22.2 Å². The number of hydrogen-bond donors (Lipinski definition) is 1. The van der Waals surface area contributed by atoms with Crippen LogP contribution in [0.4, 0.5) is 10.0 Å². The van der Waals surface area contributed by atoms with Gasteiger partial charge >= 0.3 is 11.0 Å². The zero-order chi connectivity index (χ0) is 22.0. The molecule has 0 aliphatic rings. The third-order valence-corrected chi connectivity index (χ3v) is 6.25. The van der Waals surface area contributed by atoms with Crippen LogP contribution >= 0.6 is 22.7 Å². The highest BCUT2D eigenvalue weighted by Crippen LogP contribution is 2.35. The van der Waals surface area contributed by atoms with Gasteiger partial charge in [-0.3, -0.25) is 14.9 Å². The first-order valence-corrected chi connectivity index (χ1v) is 10.9. The van der Waals surface area contributed by atoms with E-state index in [1.807, 2.05) is 29.6 Å². The Bertz CT molecular complexity index is 1300. The van der Waals surface area contributed by atoms with Crippen LogP contribution in [0.2, 0.25) is 0 Å². The van der Waals surface area contributed by atoms with E-state index in [9.17, 15) is 19.7 Å². The van der Waals surface area contributed by atoms with Gasteiger partial charge in [-0.15, -0.1) is 11.3 Å². The molecule has 10 heteroatoms. The summed E-state index contributed by atoms with van der Waals surface area (Å²) >= 11 is 2.21. The number of nitrogens with one attached hydrogen (secondary N) is 1. The lowest BCUT2D eigenvalue weighted by Gasteiger charge is -2.10. The first kappa shape index (κ1) is 20.6. The molecule has 3 heterocycles. The van der Waals surface area contributed by atoms with Crippen molar-refractivity contribution in [3.8, 4) is 10.6 Å². The Morgan fingerprint density at radius 2 is 1.97 bits per heavy atom. The Morgan fingerprint density at radius 3 is 2.68 bits per heavy atom. The third-order valence-electron chi connectivity index (χ3n) is 4.36. The molecule has 0 aliphatic carbocycles. The molecule has 0 fully saturated rings. The SMILES string of the molecule is CCOC(=O)c1cc([N+](=O)[O-])sc1NC(=O)c1cc(-c2cccs2)nc2ccccc12. The highest BCUT2D eigenvalue weighted by Gasteiger charge is 2.25. The minimum Gasteiger partial charge on any atom is -0.462 e. The van der Waals surface area contributed by atoms with Crippen molar-refractivity contribution in [3.05, 3.63) is 75.2 Å². The van der Waals surface area contributed by atoms with E-state index in [2.05, 4.69) is 10.3 Å². The second-order valence-corrected chi connectivity index (χ2v) is 8.29. The van der Waals surface area contributed by atoms with Crippen molar-refractivity contribution in [1.82, 2.24) is 4.98 Å². The third kappa shape index (κ3) is 4.16. The first-order valence-electron chi connectivity index (χ1n) is 9.18. The number of rotatable bonds is 6. The molecule has 4 rings (SSSR count). The number of fused-ring (bicyclic) bond motifs is 1. The fourth-order valence-corrected chi connectivity index (χ4v) is 4.55. The molecule has 0 unspecified atom stereocenters. The molecule has 0 saturated heterocycles. The number of anilines is 1. The maximum atomic E-state index is 13.2. The van der Waals surface area contributed by atoms with Crippen molar-refractivity contribution in [3.63, 3.8) is 0 Å². The van der Waals surface area contributed by atoms with Crippen molar-refractivity contribution in [1.29, 1.82) is 0 Å². The normalized spacial score (nSPS) is 10.7. The molecule has 1 N–H and O–H groups in total. The van der Waals surface area contributed by atoms with Gasteiger partial charge in [0.05, 0.1) is 33.2 Å². The number of ether oxygens (including phenoxy) is 1. The molecule has 8 nitrogen and oxygen atoms in total. The fourth-order valence-electron chi connectivity index (χ4n) is 3.01. The van der Waals surface area contributed by atoms with Gasteiger partial charge in [0.1, 0.15) is 10.6 Å². The van der Waals surface area contributed by atoms with E-state index in [4.69, 9.17) is 4.74 Å². The molecule has 0 saturated carbocycles. The summed E-state index contributed by atoms with van der Waals surface area (Å²) in [5.41, 5.74) is 1.58. The summed E-state index contributed by atoms with van der Waals surface area (Å²) in [6.07, 6.45) is 0. The van der Waals surface area contributed by atoms with Gasteiger partial charge in [0.2, 0.25) is 0 Å². The summed E-state index contributed by atoms with van der Waals surface area (Å²) in [6, 6.07) is 13.8. The van der Waals surface area contributed by atoms with Gasteiger partial charge < -0.3 is 10.1 Å². The molecule has 0 atom stereocenters. The fraction of sp³-hybridized carbons (Fsp3) is 0.0952. The highest BCUT2D eigenvalue weighted by atomic mass is 32.1. The maximum absolute atomic E-state index is 13.2. The zero-order valence-electron chi connectivity index (χ0n) is 16.2. The van der Waals surface area contributed by atoms with Crippen LogP contribution in [0.5, 0.6) is 0 Å². The molecule has 1 amide bonds. The number of para-hydroxylation sites is 1. The van der Waals surface area contributed by atoms with Crippen LogP contribution in [0.3, 0.4) is 0 Å². The number of nitro groups is 1. The van der Waals surface area contributed by atoms with E-state index >= 15 is 0 Å². The number of carbonyl (C=O) groups excluding carboxylic acids is 2. The first-order chi connectivity index (χ1) is 15.0. The number of benzene rings is 1. The van der Waals surface area contributed by atoms with Crippen LogP contribution in [0.1, 0.15) is 27.6 Å². The molecule has 0 bridgehead atoms. The van der Waals surface area contributed by atoms with Gasteiger partial charge in [0.15, 0.2) is 0 Å². The minimum absolute atomic E-state index is 0.0521. The lowest BCUT2D eigenvalue weighted by atomic mass is 10.1. The molecule has 0 aliphatic heterocycles. The summed E-state index contributed by atoms with van der Waals surface area (Å²) in [5, 5.41) is 16.2. The van der Waals surface area contributed by atoms with Crippen molar-refractivity contribution < 1.29 is 19.2 Å². The number of thiophene rings is 2. The Hall–Kier alpha value is -3.63. The molecular weight excluding hydrogens is 438 g/mol. The lowest BCUT2D eigenvalue weighted by molar-refractivity contribution is -0.380. The molecule has 3 aromatic heterocycles. The highest BCUT2D eigenvalue weighted by molar-refractivity contribution is 7.19. The second kappa shape index (κ2) is 8.62. The standard InChI is InChI=1S/C21H15N3O5S2/c1-2-29-21(26)14-11-18(24(27)28)31-20(14)23-19(25)13-10-16(17-8-5-9-30-17)22-15-7-4-3-6-12(13)15/h3-11H,2H2,1H3,(H,23,25). The average Bonchev–Trinajstić information content (AvgIpc) is 3.43. The van der Waals surface area contributed by atoms with E-state index in [1.165, 1.54) is 11.3 Å².